The molecule has 0 saturated carbocycles. The molecule has 1 amide bonds. The van der Waals surface area contributed by atoms with Gasteiger partial charge in [0.1, 0.15) is 24.5 Å². The number of hydrogen-bond acceptors (Lipinski definition) is 10. The highest BCUT2D eigenvalue weighted by Crippen LogP contribution is 2.30. The standard InChI is InChI=1S/C24H20FN9O4/c25-19-16(7-6-14-20(19)33-9-18(36)27-11-34(33)23(14)37)30-24-26-8-15(22-32-28-12-38-22)21(31-24)29-17(10-35)13-4-2-1-3-5-13/h1-8,12,17,35H,9-11H2,(H,27,36)(H2,26,29,30,31)/t17-/m1/s1. The van der Waals surface area contributed by atoms with Crippen molar-refractivity contribution in [1.29, 1.82) is 0 Å². The molecule has 0 aliphatic carbocycles. The Labute approximate surface area is 212 Å². The molecule has 0 spiro atoms. The normalized spacial score (nSPS) is 13.7. The van der Waals surface area contributed by atoms with Crippen LogP contribution < -0.4 is 21.5 Å². The fraction of sp³-hybridized carbons (Fsp3) is 0.167. The van der Waals surface area contributed by atoms with Gasteiger partial charge in [-0.15, -0.1) is 10.2 Å². The van der Waals surface area contributed by atoms with Crippen molar-refractivity contribution in [2.45, 2.75) is 19.3 Å². The minimum Gasteiger partial charge on any atom is -0.423 e. The number of carbonyl (C=O) groups excluding carboxylic acids is 1. The molecule has 5 aromatic rings. The molecule has 3 aromatic heterocycles. The number of benzene rings is 2. The third-order valence-corrected chi connectivity index (χ3v) is 6.17. The van der Waals surface area contributed by atoms with E-state index in [-0.39, 0.29) is 60.0 Å². The van der Waals surface area contributed by atoms with Crippen molar-refractivity contribution >= 4 is 34.3 Å². The first kappa shape index (κ1) is 23.3. The zero-order valence-electron chi connectivity index (χ0n) is 19.6. The molecule has 0 bridgehead atoms. The van der Waals surface area contributed by atoms with Crippen LogP contribution in [0.25, 0.3) is 22.4 Å². The Bertz CT molecular complexity index is 1700. The van der Waals surface area contributed by atoms with Crippen molar-refractivity contribution in [2.24, 2.45) is 0 Å². The van der Waals surface area contributed by atoms with E-state index < -0.39 is 17.4 Å². The van der Waals surface area contributed by atoms with Crippen LogP contribution in [0.2, 0.25) is 0 Å². The molecule has 4 N–H and O–H groups in total. The lowest BCUT2D eigenvalue weighted by atomic mass is 10.1. The van der Waals surface area contributed by atoms with Gasteiger partial charge >= 0.3 is 0 Å². The van der Waals surface area contributed by atoms with Gasteiger partial charge in [0.25, 0.3) is 11.4 Å². The summed E-state index contributed by atoms with van der Waals surface area (Å²) in [5, 5.41) is 26.4. The second-order valence-corrected chi connectivity index (χ2v) is 8.46. The third-order valence-electron chi connectivity index (χ3n) is 6.17. The highest BCUT2D eigenvalue weighted by molar-refractivity contribution is 5.86. The van der Waals surface area contributed by atoms with E-state index in [4.69, 9.17) is 4.42 Å². The average molecular weight is 517 g/mol. The third kappa shape index (κ3) is 4.02. The van der Waals surface area contributed by atoms with Crippen LogP contribution in [-0.2, 0) is 18.0 Å². The molecule has 38 heavy (non-hydrogen) atoms. The van der Waals surface area contributed by atoms with Gasteiger partial charge in [0.15, 0.2) is 5.82 Å². The lowest BCUT2D eigenvalue weighted by Gasteiger charge is -2.19. The van der Waals surface area contributed by atoms with Gasteiger partial charge in [0, 0.05) is 6.20 Å². The average Bonchev–Trinajstić information content (AvgIpc) is 3.56. The fourth-order valence-corrected chi connectivity index (χ4v) is 4.34. The monoisotopic (exact) mass is 517 g/mol. The highest BCUT2D eigenvalue weighted by atomic mass is 19.1. The van der Waals surface area contributed by atoms with Crippen LogP contribution in [0.4, 0.5) is 21.8 Å². The van der Waals surface area contributed by atoms with Crippen LogP contribution in [0.1, 0.15) is 11.6 Å². The molecule has 4 heterocycles. The topological polar surface area (TPSA) is 165 Å². The molecule has 0 fully saturated rings. The highest BCUT2D eigenvalue weighted by Gasteiger charge is 2.24. The van der Waals surface area contributed by atoms with E-state index in [1.165, 1.54) is 27.7 Å². The summed E-state index contributed by atoms with van der Waals surface area (Å²) in [5.41, 5.74) is 0.775. The number of carbonyl (C=O) groups is 1. The Hall–Kier alpha value is -5.11. The maximum atomic E-state index is 15.7. The number of aromatic nitrogens is 6. The maximum Gasteiger partial charge on any atom is 0.276 e. The van der Waals surface area contributed by atoms with Crippen LogP contribution >= 0.6 is 0 Å². The lowest BCUT2D eigenvalue weighted by Crippen LogP contribution is -2.42. The smallest absolute Gasteiger partial charge is 0.276 e. The van der Waals surface area contributed by atoms with E-state index in [1.807, 2.05) is 30.3 Å². The Morgan fingerprint density at radius 1 is 1.16 bits per heavy atom. The van der Waals surface area contributed by atoms with Gasteiger partial charge in [0.05, 0.1) is 29.3 Å². The maximum absolute atomic E-state index is 15.7. The SMILES string of the molecule is O=C1Cn2c3c(F)c(Nc4ncc(-c5nnco5)c(N[C@H](CO)c5ccccc5)n4)ccc3c(=O)n2CN1. The predicted octanol–water partition coefficient (Wildman–Crippen LogP) is 1.76. The molecule has 1 aliphatic rings. The molecule has 1 aliphatic heterocycles. The van der Waals surface area contributed by atoms with Gasteiger partial charge < -0.3 is 25.5 Å². The van der Waals surface area contributed by atoms with Gasteiger partial charge in [-0.3, -0.25) is 14.3 Å². The summed E-state index contributed by atoms with van der Waals surface area (Å²) >= 11 is 0. The zero-order valence-corrected chi connectivity index (χ0v) is 19.6. The summed E-state index contributed by atoms with van der Waals surface area (Å²) < 4.78 is 23.6. The number of amides is 1. The summed E-state index contributed by atoms with van der Waals surface area (Å²) in [5.74, 6) is -0.631. The van der Waals surface area contributed by atoms with Crippen molar-refractivity contribution in [3.05, 3.63) is 76.8 Å². The molecular weight excluding hydrogens is 497 g/mol. The van der Waals surface area contributed by atoms with Gasteiger partial charge in [-0.05, 0) is 17.7 Å². The lowest BCUT2D eigenvalue weighted by molar-refractivity contribution is -0.124. The summed E-state index contributed by atoms with van der Waals surface area (Å²) in [6.07, 6.45) is 2.59. The number of nitrogens with zero attached hydrogens (tertiary/aromatic N) is 6. The Balaban J connectivity index is 1.39. The Morgan fingerprint density at radius 2 is 2.00 bits per heavy atom. The quantitative estimate of drug-likeness (QED) is 0.250. The second-order valence-electron chi connectivity index (χ2n) is 8.46. The number of halogens is 1. The van der Waals surface area contributed by atoms with Gasteiger partial charge in [-0.2, -0.15) is 4.98 Å². The molecule has 1 atom stereocenters. The molecular formula is C24H20FN9O4. The fourth-order valence-electron chi connectivity index (χ4n) is 4.34. The zero-order chi connectivity index (χ0) is 26.2. The molecule has 14 heteroatoms. The van der Waals surface area contributed by atoms with E-state index in [0.717, 1.165) is 12.0 Å². The van der Waals surface area contributed by atoms with Crippen LogP contribution in [0.15, 0.2) is 64.3 Å². The number of rotatable bonds is 7. The van der Waals surface area contributed by atoms with E-state index >= 15 is 4.39 Å². The van der Waals surface area contributed by atoms with E-state index in [0.29, 0.717) is 5.56 Å². The summed E-state index contributed by atoms with van der Waals surface area (Å²) in [7, 11) is 0. The first-order valence-electron chi connectivity index (χ1n) is 11.5. The second kappa shape index (κ2) is 9.40. The predicted molar refractivity (Wildman–Crippen MR) is 133 cm³/mol. The molecule has 6 rings (SSSR count). The van der Waals surface area contributed by atoms with Crippen molar-refractivity contribution in [3.63, 3.8) is 0 Å². The van der Waals surface area contributed by atoms with Gasteiger partial charge in [-0.25, -0.2) is 14.1 Å². The number of nitrogens with one attached hydrogen (secondary N) is 3. The molecule has 13 nitrogen and oxygen atoms in total. The Kier molecular flexibility index (Phi) is 5.76. The van der Waals surface area contributed by atoms with Gasteiger partial charge in [0.2, 0.25) is 18.2 Å². The Morgan fingerprint density at radius 3 is 2.76 bits per heavy atom. The largest absolute Gasteiger partial charge is 0.423 e. The van der Waals surface area contributed by atoms with Crippen molar-refractivity contribution in [2.75, 3.05) is 17.2 Å². The number of anilines is 3. The van der Waals surface area contributed by atoms with Crippen molar-refractivity contribution in [1.82, 2.24) is 34.8 Å². The van der Waals surface area contributed by atoms with Crippen LogP contribution in [0.3, 0.4) is 0 Å². The summed E-state index contributed by atoms with van der Waals surface area (Å²) in [4.78, 5) is 33.3. The van der Waals surface area contributed by atoms with Crippen molar-refractivity contribution in [3.8, 4) is 11.5 Å². The number of aliphatic hydroxyl groups is 1. The summed E-state index contributed by atoms with van der Waals surface area (Å²) in [6, 6.07) is 11.6. The van der Waals surface area contributed by atoms with E-state index in [9.17, 15) is 14.7 Å². The number of aliphatic hydroxyl groups excluding tert-OH is 1. The molecule has 2 aromatic carbocycles. The molecule has 0 radical (unpaired) electrons. The number of fused-ring (bicyclic) bond motifs is 3. The molecule has 192 valence electrons. The molecule has 0 unspecified atom stereocenters. The number of hydrogen-bond donors (Lipinski definition) is 4. The summed E-state index contributed by atoms with van der Waals surface area (Å²) in [6.45, 7) is -0.477. The van der Waals surface area contributed by atoms with Crippen LogP contribution in [-0.4, -0.2) is 47.1 Å². The van der Waals surface area contributed by atoms with Gasteiger partial charge in [-0.1, -0.05) is 30.3 Å². The van der Waals surface area contributed by atoms with Crippen LogP contribution in [0.5, 0.6) is 0 Å². The minimum atomic E-state index is -0.732. The molecule has 0 saturated heterocycles. The van der Waals surface area contributed by atoms with Crippen LogP contribution in [0, 0.1) is 5.82 Å². The van der Waals surface area contributed by atoms with E-state index in [2.05, 4.69) is 36.1 Å². The minimum absolute atomic E-state index is 0.0000932. The first-order chi connectivity index (χ1) is 18.5. The van der Waals surface area contributed by atoms with E-state index in [1.54, 1.807) is 0 Å². The van der Waals surface area contributed by atoms with Crippen molar-refractivity contribution < 1.29 is 18.7 Å². The first-order valence-corrected chi connectivity index (χ1v) is 11.5.